The van der Waals surface area contributed by atoms with E-state index in [1.165, 1.54) is 0 Å². The fourth-order valence-electron chi connectivity index (χ4n) is 2.65. The molecule has 5 nitrogen and oxygen atoms in total. The van der Waals surface area contributed by atoms with E-state index in [1.807, 2.05) is 18.2 Å². The molecule has 0 saturated carbocycles. The zero-order valence-corrected chi connectivity index (χ0v) is 11.6. The molecule has 2 saturated heterocycles. The van der Waals surface area contributed by atoms with Gasteiger partial charge < -0.3 is 14.4 Å². The Morgan fingerprint density at radius 1 is 1.32 bits per heavy atom. The average Bonchev–Trinajstić information content (AvgIpc) is 3.27. The van der Waals surface area contributed by atoms with Gasteiger partial charge in [0, 0.05) is 32.2 Å². The van der Waals surface area contributed by atoms with Gasteiger partial charge in [0.15, 0.2) is 0 Å². The monoisotopic (exact) mass is 263 g/mol. The molecular formula is C14H21N3O2. The molecule has 2 unspecified atom stereocenters. The van der Waals surface area contributed by atoms with Gasteiger partial charge >= 0.3 is 0 Å². The lowest BCUT2D eigenvalue weighted by Gasteiger charge is -2.34. The van der Waals surface area contributed by atoms with E-state index in [0.717, 1.165) is 38.4 Å². The van der Waals surface area contributed by atoms with E-state index >= 15 is 0 Å². The first-order valence-corrected chi connectivity index (χ1v) is 6.97. The van der Waals surface area contributed by atoms with Crippen LogP contribution in [0, 0.1) is 0 Å². The maximum absolute atomic E-state index is 5.65. The number of piperazine rings is 1. The third-order valence-electron chi connectivity index (χ3n) is 3.87. The molecule has 3 rings (SSSR count). The smallest absolute Gasteiger partial charge is 0.214 e. The Bertz CT molecular complexity index is 432. The highest BCUT2D eigenvalue weighted by Crippen LogP contribution is 2.29. The summed E-state index contributed by atoms with van der Waals surface area (Å²) in [5, 5.41) is 0. The summed E-state index contributed by atoms with van der Waals surface area (Å²) >= 11 is 0. The number of hydrogen-bond acceptors (Lipinski definition) is 5. The van der Waals surface area contributed by atoms with Gasteiger partial charge in [0.2, 0.25) is 5.88 Å². The Morgan fingerprint density at radius 2 is 2.11 bits per heavy atom. The molecule has 0 spiro atoms. The zero-order chi connectivity index (χ0) is 13.2. The van der Waals surface area contributed by atoms with Crippen molar-refractivity contribution in [1.29, 1.82) is 0 Å². The molecule has 2 fully saturated rings. The van der Waals surface area contributed by atoms with Crippen LogP contribution in [-0.2, 0) is 4.74 Å². The molecule has 0 aliphatic carbocycles. The number of hydrogen-bond donors (Lipinski definition) is 0. The number of rotatable bonds is 4. The standard InChI is InChI=1S/C14H21N3O2/c1-3-11-14(19-11)17-9-7-16(8-10-17)12-5-4-6-13(15-12)18-2/h4-6,11,14H,3,7-10H2,1-2H3. The minimum atomic E-state index is 0.366. The molecule has 2 aliphatic rings. The van der Waals surface area contributed by atoms with Crippen molar-refractivity contribution in [3.8, 4) is 5.88 Å². The summed E-state index contributed by atoms with van der Waals surface area (Å²) in [5.74, 6) is 1.68. The van der Waals surface area contributed by atoms with Crippen molar-refractivity contribution in [3.05, 3.63) is 18.2 Å². The number of anilines is 1. The molecule has 0 radical (unpaired) electrons. The van der Waals surface area contributed by atoms with Gasteiger partial charge in [-0.05, 0) is 12.5 Å². The van der Waals surface area contributed by atoms with Gasteiger partial charge in [-0.25, -0.2) is 0 Å². The van der Waals surface area contributed by atoms with Crippen LogP contribution >= 0.6 is 0 Å². The van der Waals surface area contributed by atoms with Gasteiger partial charge in [-0.1, -0.05) is 13.0 Å². The van der Waals surface area contributed by atoms with Gasteiger partial charge in [-0.15, -0.1) is 0 Å². The molecule has 1 aromatic rings. The number of nitrogens with zero attached hydrogens (tertiary/aromatic N) is 3. The number of methoxy groups -OCH3 is 1. The molecule has 19 heavy (non-hydrogen) atoms. The molecule has 0 aromatic carbocycles. The van der Waals surface area contributed by atoms with Gasteiger partial charge in [0.05, 0.1) is 13.2 Å². The highest BCUT2D eigenvalue weighted by Gasteiger charge is 2.42. The lowest BCUT2D eigenvalue weighted by Crippen LogP contribution is -2.48. The predicted molar refractivity (Wildman–Crippen MR) is 73.5 cm³/mol. The summed E-state index contributed by atoms with van der Waals surface area (Å²) in [6.45, 7) is 6.26. The van der Waals surface area contributed by atoms with Crippen LogP contribution in [0.3, 0.4) is 0 Å². The third kappa shape index (κ3) is 2.67. The minimum absolute atomic E-state index is 0.366. The van der Waals surface area contributed by atoms with Crippen LogP contribution in [0.2, 0.25) is 0 Å². The minimum Gasteiger partial charge on any atom is -0.481 e. The average molecular weight is 263 g/mol. The Balaban J connectivity index is 1.57. The lowest BCUT2D eigenvalue weighted by molar-refractivity contribution is 0.166. The van der Waals surface area contributed by atoms with E-state index in [1.54, 1.807) is 7.11 Å². The highest BCUT2D eigenvalue weighted by atomic mass is 16.6. The molecule has 104 valence electrons. The fourth-order valence-corrected chi connectivity index (χ4v) is 2.65. The molecule has 0 N–H and O–H groups in total. The summed E-state index contributed by atoms with van der Waals surface area (Å²) in [6.07, 6.45) is 1.94. The number of epoxide rings is 1. The molecule has 2 atom stereocenters. The lowest BCUT2D eigenvalue weighted by atomic mass is 10.2. The summed E-state index contributed by atoms with van der Waals surface area (Å²) in [5.41, 5.74) is 0. The van der Waals surface area contributed by atoms with Gasteiger partial charge in [-0.3, -0.25) is 4.90 Å². The van der Waals surface area contributed by atoms with Crippen molar-refractivity contribution in [1.82, 2.24) is 9.88 Å². The van der Waals surface area contributed by atoms with Crippen LogP contribution in [0.5, 0.6) is 5.88 Å². The molecule has 5 heteroatoms. The molecule has 1 aromatic heterocycles. The summed E-state index contributed by atoms with van der Waals surface area (Å²) < 4.78 is 10.8. The van der Waals surface area contributed by atoms with Crippen LogP contribution in [-0.4, -0.2) is 55.5 Å². The van der Waals surface area contributed by atoms with Crippen molar-refractivity contribution in [2.75, 3.05) is 38.2 Å². The van der Waals surface area contributed by atoms with Crippen LogP contribution in [0.4, 0.5) is 5.82 Å². The predicted octanol–water partition coefficient (Wildman–Crippen LogP) is 1.35. The van der Waals surface area contributed by atoms with Gasteiger partial charge in [0.25, 0.3) is 0 Å². The fraction of sp³-hybridized carbons (Fsp3) is 0.643. The summed E-state index contributed by atoms with van der Waals surface area (Å²) in [6, 6.07) is 5.91. The first-order chi connectivity index (χ1) is 9.31. The second-order valence-electron chi connectivity index (χ2n) is 5.03. The van der Waals surface area contributed by atoms with Crippen molar-refractivity contribution in [2.24, 2.45) is 0 Å². The van der Waals surface area contributed by atoms with E-state index in [0.29, 0.717) is 18.2 Å². The highest BCUT2D eigenvalue weighted by molar-refractivity contribution is 5.41. The normalized spacial score (nSPS) is 27.4. The Kier molecular flexibility index (Phi) is 3.57. The topological polar surface area (TPSA) is 41.1 Å². The second-order valence-corrected chi connectivity index (χ2v) is 5.03. The molecule has 0 amide bonds. The number of aromatic nitrogens is 1. The van der Waals surface area contributed by atoms with Crippen molar-refractivity contribution < 1.29 is 9.47 Å². The summed E-state index contributed by atoms with van der Waals surface area (Å²) in [7, 11) is 1.65. The van der Waals surface area contributed by atoms with E-state index in [4.69, 9.17) is 9.47 Å². The van der Waals surface area contributed by atoms with E-state index in [9.17, 15) is 0 Å². The Morgan fingerprint density at radius 3 is 2.74 bits per heavy atom. The van der Waals surface area contributed by atoms with E-state index < -0.39 is 0 Å². The first-order valence-electron chi connectivity index (χ1n) is 6.97. The second kappa shape index (κ2) is 5.35. The number of pyridine rings is 1. The quantitative estimate of drug-likeness (QED) is 0.767. The molecular weight excluding hydrogens is 242 g/mol. The summed E-state index contributed by atoms with van der Waals surface area (Å²) in [4.78, 5) is 9.23. The zero-order valence-electron chi connectivity index (χ0n) is 11.6. The van der Waals surface area contributed by atoms with Crippen LogP contribution in [0.25, 0.3) is 0 Å². The molecule has 0 bridgehead atoms. The maximum Gasteiger partial charge on any atom is 0.214 e. The van der Waals surface area contributed by atoms with Crippen molar-refractivity contribution in [2.45, 2.75) is 25.7 Å². The van der Waals surface area contributed by atoms with E-state index in [-0.39, 0.29) is 0 Å². The SMILES string of the molecule is CCC1OC1N1CCN(c2cccc(OC)n2)CC1. The largest absolute Gasteiger partial charge is 0.481 e. The van der Waals surface area contributed by atoms with Gasteiger partial charge in [0.1, 0.15) is 12.0 Å². The van der Waals surface area contributed by atoms with Crippen molar-refractivity contribution in [3.63, 3.8) is 0 Å². The Hall–Kier alpha value is -1.33. The van der Waals surface area contributed by atoms with Crippen LogP contribution in [0.1, 0.15) is 13.3 Å². The van der Waals surface area contributed by atoms with Crippen molar-refractivity contribution >= 4 is 5.82 Å². The van der Waals surface area contributed by atoms with E-state index in [2.05, 4.69) is 21.7 Å². The van der Waals surface area contributed by atoms with Crippen LogP contribution in [0.15, 0.2) is 18.2 Å². The van der Waals surface area contributed by atoms with Crippen LogP contribution < -0.4 is 9.64 Å². The molecule has 2 aliphatic heterocycles. The number of ether oxygens (including phenoxy) is 2. The van der Waals surface area contributed by atoms with Gasteiger partial charge in [-0.2, -0.15) is 4.98 Å². The third-order valence-corrected chi connectivity index (χ3v) is 3.87. The molecule has 3 heterocycles. The maximum atomic E-state index is 5.65. The Labute approximate surface area is 114 Å². The first kappa shape index (κ1) is 12.7.